The number of rotatable bonds is 7. The Morgan fingerprint density at radius 2 is 2.00 bits per heavy atom. The smallest absolute Gasteiger partial charge is 0.410 e. The van der Waals surface area contributed by atoms with Crippen LogP contribution in [0.1, 0.15) is 51.8 Å². The number of benzene rings is 1. The first-order chi connectivity index (χ1) is 16.7. The third-order valence-electron chi connectivity index (χ3n) is 6.04. The van der Waals surface area contributed by atoms with E-state index in [1.54, 1.807) is 17.0 Å². The summed E-state index contributed by atoms with van der Waals surface area (Å²) in [5.74, 6) is 1.46. The lowest BCUT2D eigenvalue weighted by atomic mass is 10.1. The maximum absolute atomic E-state index is 12.2. The Kier molecular flexibility index (Phi) is 7.41. The van der Waals surface area contributed by atoms with Crippen molar-refractivity contribution in [2.24, 2.45) is 0 Å². The summed E-state index contributed by atoms with van der Waals surface area (Å²) in [6, 6.07) is 12.2. The van der Waals surface area contributed by atoms with Crippen LogP contribution in [0.5, 0.6) is 0 Å². The third-order valence-corrected chi connectivity index (χ3v) is 6.04. The van der Waals surface area contributed by atoms with E-state index in [4.69, 9.17) is 9.72 Å². The van der Waals surface area contributed by atoms with Crippen LogP contribution in [0, 0.1) is 11.3 Å². The monoisotopic (exact) mass is 477 g/mol. The van der Waals surface area contributed by atoms with E-state index >= 15 is 0 Å². The highest BCUT2D eigenvalue weighted by atomic mass is 16.6. The van der Waals surface area contributed by atoms with Crippen molar-refractivity contribution in [1.82, 2.24) is 20.2 Å². The van der Waals surface area contributed by atoms with Crippen molar-refractivity contribution >= 4 is 23.5 Å². The second-order valence-electron chi connectivity index (χ2n) is 10.3. The molecule has 2 aromatic rings. The second kappa shape index (κ2) is 10.5. The molecule has 1 aromatic heterocycles. The number of nitrogens with one attached hydrogen (secondary N) is 2. The fraction of sp³-hybridized carbons (Fsp3) is 0.538. The number of hydrogen-bond acceptors (Lipinski definition) is 8. The van der Waals surface area contributed by atoms with Crippen molar-refractivity contribution in [3.8, 4) is 6.07 Å². The largest absolute Gasteiger partial charge is 0.444 e. The molecule has 186 valence electrons. The van der Waals surface area contributed by atoms with Gasteiger partial charge in [0.25, 0.3) is 0 Å². The number of carbonyl (C=O) groups is 1. The molecule has 1 atom stereocenters. The Balaban J connectivity index is 1.36. The van der Waals surface area contributed by atoms with E-state index < -0.39 is 5.60 Å². The van der Waals surface area contributed by atoms with E-state index in [1.165, 1.54) is 0 Å². The van der Waals surface area contributed by atoms with Gasteiger partial charge in [-0.2, -0.15) is 10.2 Å². The zero-order chi connectivity index (χ0) is 25.0. The summed E-state index contributed by atoms with van der Waals surface area (Å²) < 4.78 is 5.45. The Morgan fingerprint density at radius 1 is 1.20 bits per heavy atom. The first-order valence-corrected chi connectivity index (χ1v) is 12.4. The van der Waals surface area contributed by atoms with Gasteiger partial charge in [-0.3, -0.25) is 0 Å². The number of nitrogens with zero attached hydrogens (tertiary/aromatic N) is 5. The van der Waals surface area contributed by atoms with Gasteiger partial charge in [0.2, 0.25) is 5.95 Å². The van der Waals surface area contributed by atoms with Crippen LogP contribution in [0.25, 0.3) is 0 Å². The molecule has 2 aliphatic rings. The number of nitriles is 1. The molecule has 9 nitrogen and oxygen atoms in total. The number of amides is 1. The fourth-order valence-corrected chi connectivity index (χ4v) is 4.38. The third kappa shape index (κ3) is 6.61. The van der Waals surface area contributed by atoms with E-state index in [0.717, 1.165) is 49.6 Å². The van der Waals surface area contributed by atoms with Crippen molar-refractivity contribution in [3.05, 3.63) is 41.6 Å². The Labute approximate surface area is 207 Å². The molecule has 0 spiro atoms. The number of ether oxygens (including phenoxy) is 1. The lowest BCUT2D eigenvalue weighted by molar-refractivity contribution is 0.00440. The molecular formula is C26H35N7O2. The zero-order valence-corrected chi connectivity index (χ0v) is 21.0. The molecule has 4 rings (SSSR count). The van der Waals surface area contributed by atoms with Crippen molar-refractivity contribution in [2.75, 3.05) is 36.4 Å². The molecule has 0 aliphatic carbocycles. The lowest BCUT2D eigenvalue weighted by Crippen LogP contribution is -2.62. The number of hydrogen-bond donors (Lipinski definition) is 2. The first-order valence-electron chi connectivity index (χ1n) is 12.4. The summed E-state index contributed by atoms with van der Waals surface area (Å²) in [5.41, 5.74) is 1.92. The van der Waals surface area contributed by atoms with Crippen LogP contribution in [-0.4, -0.2) is 64.8 Å². The minimum absolute atomic E-state index is 0.242. The number of likely N-dealkylation sites (tertiary alicyclic amines) is 1. The highest BCUT2D eigenvalue weighted by Crippen LogP contribution is 2.24. The zero-order valence-electron chi connectivity index (χ0n) is 21.0. The molecule has 0 bridgehead atoms. The minimum Gasteiger partial charge on any atom is -0.444 e. The molecule has 1 unspecified atom stereocenters. The molecular weight excluding hydrogens is 442 g/mol. The quantitative estimate of drug-likeness (QED) is 0.620. The van der Waals surface area contributed by atoms with Gasteiger partial charge in [-0.15, -0.1) is 0 Å². The molecule has 1 amide bonds. The van der Waals surface area contributed by atoms with E-state index in [2.05, 4.69) is 39.6 Å². The molecule has 1 aromatic carbocycles. The van der Waals surface area contributed by atoms with Gasteiger partial charge in [0.15, 0.2) is 0 Å². The Hall–Kier alpha value is -3.38. The predicted octanol–water partition coefficient (Wildman–Crippen LogP) is 3.83. The summed E-state index contributed by atoms with van der Waals surface area (Å²) in [6.45, 7) is 10.9. The summed E-state index contributed by atoms with van der Waals surface area (Å²) in [6.07, 6.45) is 2.65. The standard InChI is InChI=1S/C26H35N7O2/c1-5-7-19-13-23(31-24(29-19)30-20-9-6-8-18(12-20)14-27)32-11-10-21(15-32)28-22-16-33(17-22)25(34)35-26(2,3)4/h6,8-9,12-13,21-22,28H,5,7,10-11,15-17H2,1-4H3,(H,29,30,31). The van der Waals surface area contributed by atoms with E-state index in [9.17, 15) is 10.1 Å². The normalized spacial score (nSPS) is 18.2. The predicted molar refractivity (Wildman–Crippen MR) is 136 cm³/mol. The second-order valence-corrected chi connectivity index (χ2v) is 10.3. The summed E-state index contributed by atoms with van der Waals surface area (Å²) in [4.78, 5) is 25.7. The average Bonchev–Trinajstić information content (AvgIpc) is 3.24. The van der Waals surface area contributed by atoms with Gasteiger partial charge in [-0.05, 0) is 51.8 Å². The molecule has 35 heavy (non-hydrogen) atoms. The van der Waals surface area contributed by atoms with Crippen LogP contribution >= 0.6 is 0 Å². The van der Waals surface area contributed by atoms with E-state index in [-0.39, 0.29) is 12.1 Å². The van der Waals surface area contributed by atoms with Crippen LogP contribution in [0.2, 0.25) is 0 Å². The van der Waals surface area contributed by atoms with Crippen LogP contribution < -0.4 is 15.5 Å². The Bertz CT molecular complexity index is 1090. The fourth-order valence-electron chi connectivity index (χ4n) is 4.38. The molecule has 0 saturated carbocycles. The summed E-state index contributed by atoms with van der Waals surface area (Å²) in [5, 5.41) is 16.1. The van der Waals surface area contributed by atoms with Crippen molar-refractivity contribution in [3.63, 3.8) is 0 Å². The lowest BCUT2D eigenvalue weighted by Gasteiger charge is -2.41. The molecule has 2 saturated heterocycles. The highest BCUT2D eigenvalue weighted by molar-refractivity contribution is 5.69. The van der Waals surface area contributed by atoms with Crippen LogP contribution in [0.4, 0.5) is 22.2 Å². The maximum atomic E-state index is 12.2. The van der Waals surface area contributed by atoms with E-state index in [0.29, 0.717) is 30.6 Å². The SMILES string of the molecule is CCCc1cc(N2CCC(NC3CN(C(=O)OC(C)(C)C)C3)C2)nc(Nc2cccc(C#N)c2)n1. The Morgan fingerprint density at radius 3 is 2.71 bits per heavy atom. The van der Waals surface area contributed by atoms with Crippen LogP contribution in [0.15, 0.2) is 30.3 Å². The number of carbonyl (C=O) groups excluding carboxylic acids is 1. The molecule has 2 aliphatic heterocycles. The molecule has 3 heterocycles. The van der Waals surface area contributed by atoms with Crippen LogP contribution in [0.3, 0.4) is 0 Å². The van der Waals surface area contributed by atoms with E-state index in [1.807, 2.05) is 32.9 Å². The number of anilines is 3. The van der Waals surface area contributed by atoms with Gasteiger partial charge in [0.1, 0.15) is 11.4 Å². The maximum Gasteiger partial charge on any atom is 0.410 e. The van der Waals surface area contributed by atoms with Gasteiger partial charge >= 0.3 is 6.09 Å². The topological polar surface area (TPSA) is 106 Å². The number of aromatic nitrogens is 2. The highest BCUT2D eigenvalue weighted by Gasteiger charge is 2.36. The molecule has 0 radical (unpaired) electrons. The molecule has 2 fully saturated rings. The van der Waals surface area contributed by atoms with Crippen molar-refractivity contribution in [2.45, 2.75) is 64.6 Å². The minimum atomic E-state index is -0.470. The summed E-state index contributed by atoms with van der Waals surface area (Å²) in [7, 11) is 0. The van der Waals surface area contributed by atoms with Gasteiger partial charge in [0.05, 0.1) is 11.6 Å². The van der Waals surface area contributed by atoms with Gasteiger partial charge in [-0.25, -0.2) is 9.78 Å². The van der Waals surface area contributed by atoms with Crippen LogP contribution in [-0.2, 0) is 11.2 Å². The van der Waals surface area contributed by atoms with Crippen molar-refractivity contribution < 1.29 is 9.53 Å². The van der Waals surface area contributed by atoms with Crippen molar-refractivity contribution in [1.29, 1.82) is 5.26 Å². The number of aryl methyl sites for hydroxylation is 1. The van der Waals surface area contributed by atoms with Gasteiger partial charge in [-0.1, -0.05) is 19.4 Å². The van der Waals surface area contributed by atoms with Gasteiger partial charge < -0.3 is 25.2 Å². The summed E-state index contributed by atoms with van der Waals surface area (Å²) >= 11 is 0. The van der Waals surface area contributed by atoms with Gasteiger partial charge in [0, 0.05) is 55.7 Å². The molecule has 9 heteroatoms. The molecule has 2 N–H and O–H groups in total. The first kappa shape index (κ1) is 24.7. The average molecular weight is 478 g/mol.